The van der Waals surface area contributed by atoms with Gasteiger partial charge in [-0.1, -0.05) is 103 Å². The molecule has 47 heavy (non-hydrogen) atoms. The Balaban J connectivity index is 1.19. The van der Waals surface area contributed by atoms with E-state index in [1.54, 1.807) is 0 Å². The van der Waals surface area contributed by atoms with E-state index < -0.39 is 0 Å². The summed E-state index contributed by atoms with van der Waals surface area (Å²) in [5.74, 6) is 0. The van der Waals surface area contributed by atoms with Crippen molar-refractivity contribution in [3.63, 3.8) is 0 Å². The average Bonchev–Trinajstić information content (AvgIpc) is 3.50. The van der Waals surface area contributed by atoms with Crippen molar-refractivity contribution < 1.29 is 0 Å². The van der Waals surface area contributed by atoms with Gasteiger partial charge in [-0.2, -0.15) is 0 Å². The maximum Gasteiger partial charge on any atom is 0.123 e. The maximum atomic E-state index is 5.16. The van der Waals surface area contributed by atoms with Crippen LogP contribution in [-0.2, 0) is 0 Å². The van der Waals surface area contributed by atoms with Crippen molar-refractivity contribution in [2.24, 2.45) is 0 Å². The first-order valence-electron chi connectivity index (χ1n) is 15.8. The van der Waals surface area contributed by atoms with Crippen LogP contribution in [0.1, 0.15) is 11.7 Å². The molecule has 0 spiro atoms. The standard InChI is InChI=1S/C42H29N5/c1-2-13-29(14-3-1)42-41-33-17-6-7-21-38(33)47(39(41)23-25-44-42)40-22-11-20-34(46-40)30-26-36(45-37(27-30)35-19-8-9-24-43-35)32-18-10-15-28-12-4-5-16-31(28)32/h1-27,40,46H. The summed E-state index contributed by atoms with van der Waals surface area (Å²) < 4.78 is 2.38. The molecule has 1 aliphatic rings. The number of nitrogens with zero attached hydrogens (tertiary/aromatic N) is 4. The number of hydrogen-bond acceptors (Lipinski definition) is 4. The van der Waals surface area contributed by atoms with E-state index in [0.29, 0.717) is 0 Å². The van der Waals surface area contributed by atoms with E-state index in [-0.39, 0.29) is 6.17 Å². The van der Waals surface area contributed by atoms with Gasteiger partial charge in [-0.15, -0.1) is 0 Å². The third kappa shape index (κ3) is 4.68. The van der Waals surface area contributed by atoms with Gasteiger partial charge in [0.05, 0.1) is 33.8 Å². The van der Waals surface area contributed by atoms with Crippen LogP contribution >= 0.6 is 0 Å². The van der Waals surface area contributed by atoms with Gasteiger partial charge in [0.25, 0.3) is 0 Å². The van der Waals surface area contributed by atoms with E-state index >= 15 is 0 Å². The summed E-state index contributed by atoms with van der Waals surface area (Å²) in [4.78, 5) is 14.7. The molecule has 1 aliphatic heterocycles. The molecule has 0 saturated carbocycles. The first kappa shape index (κ1) is 27.0. The highest BCUT2D eigenvalue weighted by Gasteiger charge is 2.22. The quantitative estimate of drug-likeness (QED) is 0.213. The van der Waals surface area contributed by atoms with Gasteiger partial charge < -0.3 is 9.88 Å². The molecule has 0 fully saturated rings. The molecule has 4 aromatic carbocycles. The Labute approximate surface area is 272 Å². The molecule has 1 atom stereocenters. The SMILES string of the molecule is C1=CC(n2c3ccccc3c3c(-c4ccccc4)nccc32)NC(c2cc(-c3ccccn3)nc(-c3cccc4ccccc34)c2)=C1. The molecule has 8 aromatic rings. The Morgan fingerprint density at radius 1 is 0.574 bits per heavy atom. The van der Waals surface area contributed by atoms with Crippen LogP contribution in [0.25, 0.3) is 72.2 Å². The van der Waals surface area contributed by atoms with Crippen LogP contribution in [0.5, 0.6) is 0 Å². The van der Waals surface area contributed by atoms with Crippen LogP contribution in [0.4, 0.5) is 0 Å². The molecular formula is C42H29N5. The van der Waals surface area contributed by atoms with Gasteiger partial charge in [0.15, 0.2) is 0 Å². The van der Waals surface area contributed by atoms with Crippen LogP contribution < -0.4 is 5.32 Å². The average molecular weight is 604 g/mol. The highest BCUT2D eigenvalue weighted by molar-refractivity contribution is 6.14. The summed E-state index contributed by atoms with van der Waals surface area (Å²) in [5, 5.41) is 8.57. The Morgan fingerprint density at radius 2 is 1.36 bits per heavy atom. The predicted octanol–water partition coefficient (Wildman–Crippen LogP) is 9.83. The largest absolute Gasteiger partial charge is 0.361 e. The molecule has 0 amide bonds. The Morgan fingerprint density at radius 3 is 2.26 bits per heavy atom. The van der Waals surface area contributed by atoms with Gasteiger partial charge in [0, 0.05) is 45.6 Å². The normalized spacial score (nSPS) is 14.4. The molecule has 5 nitrogen and oxygen atoms in total. The zero-order valence-corrected chi connectivity index (χ0v) is 25.5. The second-order valence-electron chi connectivity index (χ2n) is 11.7. The van der Waals surface area contributed by atoms with Crippen molar-refractivity contribution in [3.05, 3.63) is 170 Å². The van der Waals surface area contributed by atoms with Crippen LogP contribution in [0, 0.1) is 0 Å². The number of fused-ring (bicyclic) bond motifs is 4. The van der Waals surface area contributed by atoms with Crippen molar-refractivity contribution in [2.75, 3.05) is 0 Å². The third-order valence-electron chi connectivity index (χ3n) is 8.94. The molecule has 9 rings (SSSR count). The van der Waals surface area contributed by atoms with Crippen molar-refractivity contribution in [3.8, 4) is 33.9 Å². The van der Waals surface area contributed by atoms with E-state index in [4.69, 9.17) is 9.97 Å². The highest BCUT2D eigenvalue weighted by Crippen LogP contribution is 2.38. The monoisotopic (exact) mass is 603 g/mol. The number of hydrogen-bond donors (Lipinski definition) is 1. The molecule has 0 radical (unpaired) electrons. The van der Waals surface area contributed by atoms with Crippen LogP contribution in [0.2, 0.25) is 0 Å². The lowest BCUT2D eigenvalue weighted by Gasteiger charge is -2.25. The fourth-order valence-electron chi connectivity index (χ4n) is 6.82. The molecule has 5 heterocycles. The Kier molecular flexibility index (Phi) is 6.46. The summed E-state index contributed by atoms with van der Waals surface area (Å²) in [6.45, 7) is 0. The molecule has 0 bridgehead atoms. The smallest absolute Gasteiger partial charge is 0.123 e. The van der Waals surface area contributed by atoms with Gasteiger partial charge in [-0.05, 0) is 59.3 Å². The second-order valence-corrected chi connectivity index (χ2v) is 11.7. The molecule has 222 valence electrons. The first-order chi connectivity index (χ1) is 23.3. The predicted molar refractivity (Wildman–Crippen MR) is 192 cm³/mol. The van der Waals surface area contributed by atoms with E-state index in [2.05, 4.69) is 142 Å². The van der Waals surface area contributed by atoms with Gasteiger partial charge >= 0.3 is 0 Å². The molecule has 4 aromatic heterocycles. The maximum absolute atomic E-state index is 5.16. The van der Waals surface area contributed by atoms with Gasteiger partial charge in [0.2, 0.25) is 0 Å². The van der Waals surface area contributed by atoms with Crippen LogP contribution in [-0.4, -0.2) is 19.5 Å². The van der Waals surface area contributed by atoms with E-state index in [1.807, 2.05) is 36.7 Å². The van der Waals surface area contributed by atoms with Crippen LogP contribution in [0.15, 0.2) is 164 Å². The number of allylic oxidation sites excluding steroid dienone is 2. The molecule has 5 heteroatoms. The van der Waals surface area contributed by atoms with Crippen LogP contribution in [0.3, 0.4) is 0 Å². The zero-order chi connectivity index (χ0) is 31.2. The molecule has 1 N–H and O–H groups in total. The second kappa shape index (κ2) is 11.2. The summed E-state index contributed by atoms with van der Waals surface area (Å²) in [6.07, 6.45) is 10.1. The van der Waals surface area contributed by atoms with E-state index in [9.17, 15) is 0 Å². The molecule has 0 aliphatic carbocycles. The van der Waals surface area contributed by atoms with Crippen molar-refractivity contribution in [2.45, 2.75) is 6.17 Å². The molecular weight excluding hydrogens is 574 g/mol. The number of rotatable bonds is 5. The van der Waals surface area contributed by atoms with Gasteiger partial charge in [0.1, 0.15) is 6.17 Å². The lowest BCUT2D eigenvalue weighted by atomic mass is 9.99. The number of pyridine rings is 3. The minimum atomic E-state index is -0.129. The summed E-state index contributed by atoms with van der Waals surface area (Å²) in [5.41, 5.74) is 10.1. The summed E-state index contributed by atoms with van der Waals surface area (Å²) in [6, 6.07) is 46.3. The fraction of sp³-hybridized carbons (Fsp3) is 0.0238. The Bertz CT molecular complexity index is 2490. The Hall–Kier alpha value is -6.33. The first-order valence-corrected chi connectivity index (χ1v) is 15.8. The van der Waals surface area contributed by atoms with E-state index in [1.165, 1.54) is 16.2 Å². The van der Waals surface area contributed by atoms with Crippen molar-refractivity contribution >= 4 is 38.3 Å². The molecule has 0 saturated heterocycles. The van der Waals surface area contributed by atoms with Crippen molar-refractivity contribution in [1.82, 2.24) is 24.8 Å². The lowest BCUT2D eigenvalue weighted by Crippen LogP contribution is -2.25. The van der Waals surface area contributed by atoms with Gasteiger partial charge in [-0.25, -0.2) is 4.98 Å². The van der Waals surface area contributed by atoms with Crippen molar-refractivity contribution in [1.29, 1.82) is 0 Å². The third-order valence-corrected chi connectivity index (χ3v) is 8.94. The topological polar surface area (TPSA) is 55.6 Å². The van der Waals surface area contributed by atoms with E-state index in [0.717, 1.165) is 61.6 Å². The number of para-hydroxylation sites is 1. The lowest BCUT2D eigenvalue weighted by molar-refractivity contribution is 0.589. The minimum Gasteiger partial charge on any atom is -0.361 e. The summed E-state index contributed by atoms with van der Waals surface area (Å²) in [7, 11) is 0. The number of dihydropyridines is 1. The van der Waals surface area contributed by atoms with Gasteiger partial charge in [-0.3, -0.25) is 9.97 Å². The number of aromatic nitrogens is 4. The fourth-order valence-corrected chi connectivity index (χ4v) is 6.82. The summed E-state index contributed by atoms with van der Waals surface area (Å²) >= 11 is 0. The number of benzene rings is 4. The zero-order valence-electron chi connectivity index (χ0n) is 25.5. The molecule has 1 unspecified atom stereocenters. The number of nitrogens with one attached hydrogen (secondary N) is 1. The highest BCUT2D eigenvalue weighted by atomic mass is 15.2. The minimum absolute atomic E-state index is 0.129.